The van der Waals surface area contributed by atoms with Gasteiger partial charge in [0.15, 0.2) is 5.54 Å². The summed E-state index contributed by atoms with van der Waals surface area (Å²) in [5.74, 6) is -1.01. The van der Waals surface area contributed by atoms with Crippen LogP contribution < -0.4 is 5.73 Å². The lowest BCUT2D eigenvalue weighted by atomic mass is 9.90. The van der Waals surface area contributed by atoms with Crippen molar-refractivity contribution in [3.63, 3.8) is 0 Å². The van der Waals surface area contributed by atoms with Gasteiger partial charge in [-0.15, -0.1) is 0 Å². The first-order valence-corrected chi connectivity index (χ1v) is 4.91. The zero-order valence-corrected chi connectivity index (χ0v) is 9.49. The van der Waals surface area contributed by atoms with Gasteiger partial charge < -0.3 is 15.6 Å². The van der Waals surface area contributed by atoms with Crippen molar-refractivity contribution in [3.8, 4) is 0 Å². The number of hydrogen-bond acceptors (Lipinski definition) is 4. The second-order valence-electron chi connectivity index (χ2n) is 3.70. The molecule has 1 rings (SSSR count). The van der Waals surface area contributed by atoms with Crippen molar-refractivity contribution in [1.29, 1.82) is 0 Å². The molecule has 0 aromatic heterocycles. The number of hydrogen-bond donors (Lipinski definition) is 2. The number of halogens is 3. The summed E-state index contributed by atoms with van der Waals surface area (Å²) in [5.41, 5.74) is 2.48. The van der Waals surface area contributed by atoms with Gasteiger partial charge in [-0.1, -0.05) is 12.1 Å². The highest BCUT2D eigenvalue weighted by Gasteiger charge is 2.39. The molecule has 0 amide bonds. The van der Waals surface area contributed by atoms with Crippen LogP contribution in [0.25, 0.3) is 0 Å². The summed E-state index contributed by atoms with van der Waals surface area (Å²) in [5, 5.41) is 9.13. The Bertz CT molecular complexity index is 447. The van der Waals surface area contributed by atoms with E-state index in [0.29, 0.717) is 6.07 Å². The summed E-state index contributed by atoms with van der Waals surface area (Å²) in [7, 11) is 1.03. The fraction of sp³-hybridized carbons (Fsp3) is 0.364. The molecular formula is C11H12F3NO3. The molecule has 0 spiro atoms. The molecule has 0 heterocycles. The van der Waals surface area contributed by atoms with E-state index in [1.165, 1.54) is 6.07 Å². The molecule has 1 aromatic rings. The molecule has 3 N–H and O–H groups in total. The van der Waals surface area contributed by atoms with Crippen LogP contribution >= 0.6 is 0 Å². The molecule has 0 saturated heterocycles. The van der Waals surface area contributed by atoms with Crippen molar-refractivity contribution in [2.45, 2.75) is 11.7 Å². The van der Waals surface area contributed by atoms with Gasteiger partial charge in [0.25, 0.3) is 0 Å². The molecule has 0 saturated carbocycles. The van der Waals surface area contributed by atoms with Gasteiger partial charge in [-0.05, 0) is 17.7 Å². The Balaban J connectivity index is 3.28. The molecule has 0 bridgehead atoms. The number of carbonyl (C=O) groups is 1. The molecule has 4 nitrogen and oxygen atoms in total. The maximum Gasteiger partial charge on any atom is 0.416 e. The minimum atomic E-state index is -4.55. The number of rotatable bonds is 3. The number of carbonyl (C=O) groups excluding carboxylic acids is 1. The molecule has 0 fully saturated rings. The Morgan fingerprint density at radius 2 is 1.94 bits per heavy atom. The zero-order valence-electron chi connectivity index (χ0n) is 9.49. The van der Waals surface area contributed by atoms with Crippen molar-refractivity contribution >= 4 is 5.97 Å². The largest absolute Gasteiger partial charge is 0.467 e. The van der Waals surface area contributed by atoms with Crippen LogP contribution in [-0.4, -0.2) is 24.8 Å². The first-order chi connectivity index (χ1) is 8.25. The number of alkyl halides is 3. The lowest BCUT2D eigenvalue weighted by Crippen LogP contribution is -2.49. The van der Waals surface area contributed by atoms with Crippen LogP contribution in [0.2, 0.25) is 0 Å². The Kier molecular flexibility index (Phi) is 3.98. The predicted octanol–water partition coefficient (Wildman–Crippen LogP) is 1.02. The molecular weight excluding hydrogens is 251 g/mol. The molecule has 1 atom stereocenters. The summed E-state index contributed by atoms with van der Waals surface area (Å²) in [4.78, 5) is 11.4. The van der Waals surface area contributed by atoms with Gasteiger partial charge in [-0.2, -0.15) is 13.2 Å². The minimum absolute atomic E-state index is 0.160. The van der Waals surface area contributed by atoms with E-state index in [0.717, 1.165) is 19.2 Å². The van der Waals surface area contributed by atoms with Crippen LogP contribution in [0, 0.1) is 0 Å². The Hall–Kier alpha value is -1.60. The van der Waals surface area contributed by atoms with Gasteiger partial charge in [0.1, 0.15) is 0 Å². The number of aliphatic hydroxyl groups is 1. The highest BCUT2D eigenvalue weighted by Crippen LogP contribution is 2.31. The van der Waals surface area contributed by atoms with Crippen LogP contribution in [-0.2, 0) is 21.2 Å². The van der Waals surface area contributed by atoms with E-state index in [1.807, 2.05) is 0 Å². The number of ether oxygens (including phenoxy) is 1. The SMILES string of the molecule is COC(=O)C(N)(CO)c1cccc(C(F)(F)F)c1. The smallest absolute Gasteiger partial charge is 0.416 e. The summed E-state index contributed by atoms with van der Waals surface area (Å²) >= 11 is 0. The highest BCUT2D eigenvalue weighted by molar-refractivity contribution is 5.82. The van der Waals surface area contributed by atoms with Crippen LogP contribution in [0.1, 0.15) is 11.1 Å². The second-order valence-corrected chi connectivity index (χ2v) is 3.70. The van der Waals surface area contributed by atoms with Gasteiger partial charge in [-0.25, -0.2) is 4.79 Å². The van der Waals surface area contributed by atoms with E-state index in [-0.39, 0.29) is 5.56 Å². The Morgan fingerprint density at radius 3 is 2.39 bits per heavy atom. The van der Waals surface area contributed by atoms with E-state index in [1.54, 1.807) is 0 Å². The number of aliphatic hydroxyl groups excluding tert-OH is 1. The first kappa shape index (κ1) is 14.5. The number of nitrogens with two attached hydrogens (primary N) is 1. The molecule has 18 heavy (non-hydrogen) atoms. The van der Waals surface area contributed by atoms with Crippen molar-refractivity contribution in [1.82, 2.24) is 0 Å². The molecule has 0 aliphatic carbocycles. The number of benzene rings is 1. The standard InChI is InChI=1S/C11H12F3NO3/c1-18-9(17)10(15,6-16)7-3-2-4-8(5-7)11(12,13)14/h2-5,16H,6,15H2,1H3. The third-order valence-electron chi connectivity index (χ3n) is 2.50. The fourth-order valence-electron chi connectivity index (χ4n) is 1.43. The van der Waals surface area contributed by atoms with Gasteiger partial charge >= 0.3 is 12.1 Å². The average molecular weight is 263 g/mol. The Labute approximate surface area is 101 Å². The third kappa shape index (κ3) is 2.62. The van der Waals surface area contributed by atoms with Crippen molar-refractivity contribution in [3.05, 3.63) is 35.4 Å². The summed E-state index contributed by atoms with van der Waals surface area (Å²) in [6.07, 6.45) is -4.55. The van der Waals surface area contributed by atoms with E-state index in [2.05, 4.69) is 4.74 Å². The second kappa shape index (κ2) is 4.95. The topological polar surface area (TPSA) is 72.5 Å². The third-order valence-corrected chi connectivity index (χ3v) is 2.50. The van der Waals surface area contributed by atoms with Gasteiger partial charge in [0.05, 0.1) is 19.3 Å². The van der Waals surface area contributed by atoms with Gasteiger partial charge in [-0.3, -0.25) is 0 Å². The molecule has 1 aromatic carbocycles. The maximum absolute atomic E-state index is 12.5. The first-order valence-electron chi connectivity index (χ1n) is 4.91. The predicted molar refractivity (Wildman–Crippen MR) is 56.4 cm³/mol. The molecule has 7 heteroatoms. The lowest BCUT2D eigenvalue weighted by Gasteiger charge is -2.25. The van der Waals surface area contributed by atoms with E-state index >= 15 is 0 Å². The van der Waals surface area contributed by atoms with E-state index in [4.69, 9.17) is 10.8 Å². The lowest BCUT2D eigenvalue weighted by molar-refractivity contribution is -0.149. The van der Waals surface area contributed by atoms with Crippen LogP contribution in [0.3, 0.4) is 0 Å². The summed E-state index contributed by atoms with van der Waals surface area (Å²) in [6.45, 7) is -0.860. The minimum Gasteiger partial charge on any atom is -0.467 e. The van der Waals surface area contributed by atoms with Crippen molar-refractivity contribution in [2.75, 3.05) is 13.7 Å². The maximum atomic E-state index is 12.5. The normalized spacial score (nSPS) is 15.0. The molecule has 0 aliphatic heterocycles. The molecule has 1 unspecified atom stereocenters. The number of methoxy groups -OCH3 is 1. The van der Waals surface area contributed by atoms with Crippen LogP contribution in [0.15, 0.2) is 24.3 Å². The average Bonchev–Trinajstić information content (AvgIpc) is 2.36. The van der Waals surface area contributed by atoms with Gasteiger partial charge in [0.2, 0.25) is 0 Å². The fourth-order valence-corrected chi connectivity index (χ4v) is 1.43. The quantitative estimate of drug-likeness (QED) is 0.799. The van der Waals surface area contributed by atoms with Gasteiger partial charge in [0, 0.05) is 0 Å². The van der Waals surface area contributed by atoms with Crippen molar-refractivity contribution in [2.24, 2.45) is 5.73 Å². The van der Waals surface area contributed by atoms with E-state index in [9.17, 15) is 18.0 Å². The summed E-state index contributed by atoms with van der Waals surface area (Å²) in [6, 6.07) is 3.90. The van der Waals surface area contributed by atoms with Crippen LogP contribution in [0.4, 0.5) is 13.2 Å². The molecule has 100 valence electrons. The Morgan fingerprint density at radius 1 is 1.39 bits per heavy atom. The van der Waals surface area contributed by atoms with Crippen molar-refractivity contribution < 1.29 is 27.8 Å². The molecule has 0 aliphatic rings. The highest BCUT2D eigenvalue weighted by atomic mass is 19.4. The zero-order chi connectivity index (χ0) is 14.0. The van der Waals surface area contributed by atoms with E-state index < -0.39 is 29.9 Å². The molecule has 0 radical (unpaired) electrons. The summed E-state index contributed by atoms with van der Waals surface area (Å²) < 4.78 is 42.0. The monoisotopic (exact) mass is 263 g/mol. The number of esters is 1. The van der Waals surface area contributed by atoms with Crippen LogP contribution in [0.5, 0.6) is 0 Å².